The molecule has 7 rings (SSSR count). The van der Waals surface area contributed by atoms with E-state index in [1.165, 1.54) is 31.9 Å². The number of benzene rings is 2. The van der Waals surface area contributed by atoms with Gasteiger partial charge in [-0.3, -0.25) is 24.0 Å². The molecule has 17 heteroatoms. The lowest BCUT2D eigenvalue weighted by molar-refractivity contribution is -0.199. The summed E-state index contributed by atoms with van der Waals surface area (Å²) in [7, 11) is -0.655. The normalized spacial score (nSPS) is 23.3. The zero-order valence-electron chi connectivity index (χ0n) is 38.9. The van der Waals surface area contributed by atoms with Crippen molar-refractivity contribution in [3.63, 3.8) is 0 Å². The zero-order chi connectivity index (χ0) is 47.1. The number of aromatic nitrogens is 2. The molecule has 3 aliphatic carbocycles. The van der Waals surface area contributed by atoms with Crippen LogP contribution in [0.4, 0.5) is 0 Å². The van der Waals surface area contributed by atoms with Crippen LogP contribution in [-0.2, 0) is 41.3 Å². The topological polar surface area (TPSA) is 239 Å². The first-order chi connectivity index (χ1) is 30.9. The molecule has 10 atom stereocenters. The molecule has 4 fully saturated rings. The predicted octanol–water partition coefficient (Wildman–Crippen LogP) is 3.52. The molecular formula is C48H69BN8O8. The molecule has 2 bridgehead atoms. The van der Waals surface area contributed by atoms with Crippen molar-refractivity contribution in [3.8, 4) is 11.1 Å². The van der Waals surface area contributed by atoms with Crippen LogP contribution in [0.25, 0.3) is 11.1 Å². The Hall–Kier alpha value is -5.10. The number of carbonyl (C=O) groups is 5. The van der Waals surface area contributed by atoms with E-state index in [2.05, 4.69) is 88.5 Å². The van der Waals surface area contributed by atoms with Gasteiger partial charge in [-0.2, -0.15) is 0 Å². The largest absolute Gasteiger partial charge is 0.481 e. The van der Waals surface area contributed by atoms with Gasteiger partial charge in [-0.15, -0.1) is 0 Å². The SMILES string of the molecule is CCCCc1ccc(-c2ccc(C(=O)N[C@@H](Cc3cnc[nH]3)C(=O)N[C@H](C(=O)N[C@@H](C)C(=O)N[C@@H](CCCCN)C(=O)N[C@@H](C)B3OC4C[C@@H]5C[C@@H](C5(C)C)[C@]4(C)O3)C(C)O)cc2)cc1. The monoisotopic (exact) mass is 897 g/mol. The lowest BCUT2D eigenvalue weighted by Gasteiger charge is -2.64. The number of hydrogen-bond acceptors (Lipinski definition) is 10. The van der Waals surface area contributed by atoms with Crippen LogP contribution in [0.5, 0.6) is 0 Å². The van der Waals surface area contributed by atoms with E-state index in [1.54, 1.807) is 12.1 Å². The van der Waals surface area contributed by atoms with Crippen LogP contribution in [0.2, 0.25) is 0 Å². The van der Waals surface area contributed by atoms with Gasteiger partial charge in [-0.1, -0.05) is 63.6 Å². The van der Waals surface area contributed by atoms with E-state index in [4.69, 9.17) is 15.0 Å². The molecule has 352 valence electrons. The highest BCUT2D eigenvalue weighted by Gasteiger charge is 2.68. The van der Waals surface area contributed by atoms with E-state index >= 15 is 0 Å². The summed E-state index contributed by atoms with van der Waals surface area (Å²) in [5.41, 5.74) is 9.53. The van der Waals surface area contributed by atoms with Crippen LogP contribution < -0.4 is 32.3 Å². The summed E-state index contributed by atoms with van der Waals surface area (Å²) in [6.45, 7) is 13.8. The van der Waals surface area contributed by atoms with Gasteiger partial charge < -0.3 is 51.7 Å². The van der Waals surface area contributed by atoms with E-state index in [9.17, 15) is 29.1 Å². The Morgan fingerprint density at radius 1 is 0.846 bits per heavy atom. The number of rotatable bonds is 22. The molecule has 1 saturated heterocycles. The molecule has 1 aliphatic heterocycles. The van der Waals surface area contributed by atoms with Crippen LogP contribution in [0.3, 0.4) is 0 Å². The summed E-state index contributed by atoms with van der Waals surface area (Å²) >= 11 is 0. The fourth-order valence-electron chi connectivity index (χ4n) is 9.72. The van der Waals surface area contributed by atoms with Gasteiger partial charge in [0.05, 0.1) is 30.1 Å². The molecule has 2 heterocycles. The summed E-state index contributed by atoms with van der Waals surface area (Å²) in [5.74, 6) is -2.78. The summed E-state index contributed by atoms with van der Waals surface area (Å²) in [5, 5.41) is 24.4. The first-order valence-corrected chi connectivity index (χ1v) is 23.3. The first-order valence-electron chi connectivity index (χ1n) is 23.3. The predicted molar refractivity (Wildman–Crippen MR) is 248 cm³/mol. The third-order valence-electron chi connectivity index (χ3n) is 14.0. The zero-order valence-corrected chi connectivity index (χ0v) is 38.9. The van der Waals surface area contributed by atoms with Crippen LogP contribution >= 0.6 is 0 Å². The van der Waals surface area contributed by atoms with E-state index in [0.717, 1.165) is 43.2 Å². The number of aromatic amines is 1. The van der Waals surface area contributed by atoms with Crippen molar-refractivity contribution in [2.45, 2.75) is 154 Å². The lowest BCUT2D eigenvalue weighted by Crippen LogP contribution is -2.65. The molecule has 0 spiro atoms. The van der Waals surface area contributed by atoms with Gasteiger partial charge in [0.25, 0.3) is 5.91 Å². The second-order valence-electron chi connectivity index (χ2n) is 19.1. The van der Waals surface area contributed by atoms with Gasteiger partial charge in [0.15, 0.2) is 0 Å². The maximum atomic E-state index is 13.9. The number of aliphatic hydroxyl groups is 1. The number of unbranched alkanes of at least 4 members (excludes halogenated alkanes) is 2. The summed E-state index contributed by atoms with van der Waals surface area (Å²) in [4.78, 5) is 75.4. The highest BCUT2D eigenvalue weighted by atomic mass is 16.7. The summed E-state index contributed by atoms with van der Waals surface area (Å²) < 4.78 is 12.9. The van der Waals surface area contributed by atoms with E-state index in [1.807, 2.05) is 19.1 Å². The van der Waals surface area contributed by atoms with Crippen LogP contribution in [-0.4, -0.2) is 106 Å². The lowest BCUT2D eigenvalue weighted by atomic mass is 9.43. The minimum Gasteiger partial charge on any atom is -0.404 e. The Morgan fingerprint density at radius 2 is 1.52 bits per heavy atom. The highest BCUT2D eigenvalue weighted by Crippen LogP contribution is 2.65. The fraction of sp³-hybridized carbons (Fsp3) is 0.583. The standard InChI is InChI=1S/C48H69BN8O8/c1-8-9-12-31-14-16-32(17-15-31)33-18-20-34(21-19-33)43(60)56-38(25-36-26-51-27-52-36)45(62)57-41(29(3)58)46(63)53-28(2)42(59)55-37(13-10-11-22-50)44(61)54-30(4)49-64-40-24-35-23-39(47(35,5)6)48(40,7)65-49/h14-21,26-30,35,37-41,58H,8-13,22-25,50H2,1-7H3,(H,51,52)(H,53,63)(H,54,61)(H,55,59)(H,56,60)(H,57,62)/t28-,29?,30-,35-,37-,38-,39-,40?,41-,48-/m0/s1. The maximum Gasteiger partial charge on any atom is 0.481 e. The van der Waals surface area contributed by atoms with Gasteiger partial charge in [-0.25, -0.2) is 4.98 Å². The molecule has 0 radical (unpaired) electrons. The summed E-state index contributed by atoms with van der Waals surface area (Å²) in [6, 6.07) is 10.5. The molecule has 4 aliphatic rings. The molecular weight excluding hydrogens is 827 g/mol. The molecule has 65 heavy (non-hydrogen) atoms. The van der Waals surface area contributed by atoms with Crippen molar-refractivity contribution >= 4 is 36.7 Å². The Bertz CT molecular complexity index is 2100. The average molecular weight is 897 g/mol. The fourth-order valence-corrected chi connectivity index (χ4v) is 9.72. The van der Waals surface area contributed by atoms with Crippen molar-refractivity contribution in [3.05, 3.63) is 77.9 Å². The van der Waals surface area contributed by atoms with Crippen LogP contribution in [0.1, 0.15) is 115 Å². The Morgan fingerprint density at radius 3 is 2.14 bits per heavy atom. The number of amides is 5. The summed E-state index contributed by atoms with van der Waals surface area (Å²) in [6.07, 6.45) is 8.26. The molecule has 2 unspecified atom stereocenters. The number of carbonyl (C=O) groups excluding carboxylic acids is 5. The molecule has 2 aromatic carbocycles. The number of imidazole rings is 1. The molecule has 3 aromatic rings. The Kier molecular flexibility index (Phi) is 16.3. The smallest absolute Gasteiger partial charge is 0.404 e. The van der Waals surface area contributed by atoms with Crippen LogP contribution in [0.15, 0.2) is 61.1 Å². The highest BCUT2D eigenvalue weighted by molar-refractivity contribution is 6.47. The van der Waals surface area contributed by atoms with Crippen molar-refractivity contribution < 1.29 is 38.4 Å². The number of nitrogens with two attached hydrogens (primary N) is 1. The second-order valence-corrected chi connectivity index (χ2v) is 19.1. The number of H-pyrrole nitrogens is 1. The number of aryl methyl sites for hydroxylation is 1. The number of hydrogen-bond donors (Lipinski definition) is 8. The van der Waals surface area contributed by atoms with Gasteiger partial charge in [0.2, 0.25) is 23.6 Å². The van der Waals surface area contributed by atoms with Crippen LogP contribution in [0, 0.1) is 17.3 Å². The number of nitrogens with one attached hydrogen (secondary N) is 6. The molecule has 1 aromatic heterocycles. The average Bonchev–Trinajstić information content (AvgIpc) is 3.94. The van der Waals surface area contributed by atoms with Crippen molar-refractivity contribution in [2.24, 2.45) is 23.0 Å². The van der Waals surface area contributed by atoms with Gasteiger partial charge >= 0.3 is 7.12 Å². The maximum absolute atomic E-state index is 13.9. The molecule has 16 nitrogen and oxygen atoms in total. The van der Waals surface area contributed by atoms with Gasteiger partial charge in [-0.05, 0) is 125 Å². The van der Waals surface area contributed by atoms with E-state index in [0.29, 0.717) is 48.9 Å². The van der Waals surface area contributed by atoms with E-state index < -0.39 is 78.5 Å². The van der Waals surface area contributed by atoms with E-state index in [-0.39, 0.29) is 17.9 Å². The molecule has 3 saturated carbocycles. The first kappa shape index (κ1) is 49.3. The van der Waals surface area contributed by atoms with Crippen molar-refractivity contribution in [1.29, 1.82) is 0 Å². The minimum absolute atomic E-state index is 0.00270. The van der Waals surface area contributed by atoms with Crippen molar-refractivity contribution in [1.82, 2.24) is 36.6 Å². The third kappa shape index (κ3) is 11.7. The van der Waals surface area contributed by atoms with Gasteiger partial charge in [0.1, 0.15) is 24.2 Å². The van der Waals surface area contributed by atoms with Crippen molar-refractivity contribution in [2.75, 3.05) is 6.54 Å². The molecule has 9 N–H and O–H groups in total. The minimum atomic E-state index is -1.51. The van der Waals surface area contributed by atoms with Gasteiger partial charge in [0, 0.05) is 23.9 Å². The Labute approximate surface area is 383 Å². The number of aliphatic hydroxyl groups excluding tert-OH is 1. The third-order valence-corrected chi connectivity index (χ3v) is 14.0. The Balaban J connectivity index is 1.05. The second kappa shape index (κ2) is 21.5. The molecule has 5 amide bonds. The quantitative estimate of drug-likeness (QED) is 0.0540. The number of nitrogens with zero attached hydrogens (tertiary/aromatic N) is 1.